The molecule has 0 bridgehead atoms. The van der Waals surface area contributed by atoms with Gasteiger partial charge < -0.3 is 9.64 Å². The summed E-state index contributed by atoms with van der Waals surface area (Å²) >= 11 is 0. The standard InChI is InChI=1S/C21H24N2O4S/c1-27-19-8-7-16-9-10-23(14-18(16)11-19)21(24)17-3-2-4-20(12-17)28(25,26)22-13-15-5-6-15/h2-4,7-8,11-12,15,22H,5-6,9-10,13-14H2,1H3. The van der Waals surface area contributed by atoms with Crippen molar-refractivity contribution in [3.63, 3.8) is 0 Å². The van der Waals surface area contributed by atoms with Gasteiger partial charge in [-0.2, -0.15) is 0 Å². The molecule has 0 aromatic heterocycles. The maximum Gasteiger partial charge on any atom is 0.254 e. The van der Waals surface area contributed by atoms with Crippen LogP contribution in [0.15, 0.2) is 47.4 Å². The van der Waals surface area contributed by atoms with E-state index in [-0.39, 0.29) is 10.8 Å². The van der Waals surface area contributed by atoms with Crippen LogP contribution in [0.4, 0.5) is 0 Å². The molecule has 1 aliphatic heterocycles. The van der Waals surface area contributed by atoms with E-state index < -0.39 is 10.0 Å². The molecular formula is C21H24N2O4S. The van der Waals surface area contributed by atoms with E-state index in [1.807, 2.05) is 18.2 Å². The van der Waals surface area contributed by atoms with Crippen LogP contribution >= 0.6 is 0 Å². The minimum atomic E-state index is -3.60. The molecule has 0 saturated heterocycles. The third-order valence-corrected chi connectivity index (χ3v) is 6.78. The van der Waals surface area contributed by atoms with Crippen molar-refractivity contribution in [3.05, 3.63) is 59.2 Å². The van der Waals surface area contributed by atoms with Crippen LogP contribution in [0.1, 0.15) is 34.3 Å². The maximum absolute atomic E-state index is 13.0. The Kier molecular flexibility index (Phi) is 5.12. The summed E-state index contributed by atoms with van der Waals surface area (Å²) in [4.78, 5) is 14.9. The predicted octanol–water partition coefficient (Wildman–Crippen LogP) is 2.58. The van der Waals surface area contributed by atoms with E-state index in [2.05, 4.69) is 4.72 Å². The minimum Gasteiger partial charge on any atom is -0.497 e. The lowest BCUT2D eigenvalue weighted by Crippen LogP contribution is -2.36. The highest BCUT2D eigenvalue weighted by molar-refractivity contribution is 7.89. The summed E-state index contributed by atoms with van der Waals surface area (Å²) in [6.07, 6.45) is 2.91. The number of hydrogen-bond acceptors (Lipinski definition) is 4. The number of rotatable bonds is 6. The number of hydrogen-bond donors (Lipinski definition) is 1. The lowest BCUT2D eigenvalue weighted by Gasteiger charge is -2.29. The van der Waals surface area contributed by atoms with Gasteiger partial charge in [-0.25, -0.2) is 13.1 Å². The van der Waals surface area contributed by atoms with Crippen molar-refractivity contribution in [2.75, 3.05) is 20.2 Å². The van der Waals surface area contributed by atoms with E-state index in [1.165, 1.54) is 17.7 Å². The average molecular weight is 401 g/mol. The van der Waals surface area contributed by atoms with E-state index in [0.29, 0.717) is 31.1 Å². The fourth-order valence-electron chi connectivity index (χ4n) is 3.45. The average Bonchev–Trinajstić information content (AvgIpc) is 3.55. The van der Waals surface area contributed by atoms with Crippen molar-refractivity contribution >= 4 is 15.9 Å². The quantitative estimate of drug-likeness (QED) is 0.809. The summed E-state index contributed by atoms with van der Waals surface area (Å²) in [6, 6.07) is 12.2. The predicted molar refractivity (Wildman–Crippen MR) is 106 cm³/mol. The molecule has 4 rings (SSSR count). The van der Waals surface area contributed by atoms with Gasteiger partial charge in [0.15, 0.2) is 0 Å². The molecule has 28 heavy (non-hydrogen) atoms. The third kappa shape index (κ3) is 4.05. The molecule has 2 aromatic carbocycles. The number of fused-ring (bicyclic) bond motifs is 1. The van der Waals surface area contributed by atoms with Gasteiger partial charge in [-0.3, -0.25) is 4.79 Å². The zero-order chi connectivity index (χ0) is 19.7. The number of benzene rings is 2. The Balaban J connectivity index is 1.52. The Hall–Kier alpha value is -2.38. The van der Waals surface area contributed by atoms with Crippen molar-refractivity contribution in [2.24, 2.45) is 5.92 Å². The van der Waals surface area contributed by atoms with Gasteiger partial charge in [0.2, 0.25) is 10.0 Å². The number of nitrogens with zero attached hydrogens (tertiary/aromatic N) is 1. The molecule has 0 radical (unpaired) electrons. The molecule has 0 atom stereocenters. The molecule has 148 valence electrons. The maximum atomic E-state index is 13.0. The van der Waals surface area contributed by atoms with E-state index in [0.717, 1.165) is 30.6 Å². The van der Waals surface area contributed by atoms with Crippen molar-refractivity contribution < 1.29 is 17.9 Å². The molecule has 1 aliphatic carbocycles. The van der Waals surface area contributed by atoms with Gasteiger partial charge >= 0.3 is 0 Å². The second-order valence-electron chi connectivity index (χ2n) is 7.43. The van der Waals surface area contributed by atoms with Gasteiger partial charge in [0.25, 0.3) is 5.91 Å². The number of carbonyl (C=O) groups excluding carboxylic acids is 1. The SMILES string of the molecule is COc1ccc2c(c1)CN(C(=O)c1cccc(S(=O)(=O)NCC3CC3)c1)CC2. The number of ether oxygens (including phenoxy) is 1. The monoisotopic (exact) mass is 400 g/mol. The Morgan fingerprint density at radius 3 is 2.75 bits per heavy atom. The first-order chi connectivity index (χ1) is 13.5. The van der Waals surface area contributed by atoms with Crippen LogP contribution in [-0.2, 0) is 23.0 Å². The molecule has 1 amide bonds. The van der Waals surface area contributed by atoms with Crippen molar-refractivity contribution in [2.45, 2.75) is 30.7 Å². The Morgan fingerprint density at radius 1 is 1.18 bits per heavy atom. The van der Waals surface area contributed by atoms with E-state index in [1.54, 1.807) is 24.1 Å². The van der Waals surface area contributed by atoms with Crippen LogP contribution in [0.2, 0.25) is 0 Å². The van der Waals surface area contributed by atoms with Crippen LogP contribution < -0.4 is 9.46 Å². The van der Waals surface area contributed by atoms with Gasteiger partial charge in [-0.15, -0.1) is 0 Å². The number of nitrogens with one attached hydrogen (secondary N) is 1. The first-order valence-corrected chi connectivity index (χ1v) is 11.0. The molecule has 2 aromatic rings. The normalized spacial score (nSPS) is 16.5. The Morgan fingerprint density at radius 2 is 2.00 bits per heavy atom. The fourth-order valence-corrected chi connectivity index (χ4v) is 4.61. The second-order valence-corrected chi connectivity index (χ2v) is 9.20. The summed E-state index contributed by atoms with van der Waals surface area (Å²) in [5.74, 6) is 1.06. The molecule has 6 nitrogen and oxygen atoms in total. The lowest BCUT2D eigenvalue weighted by molar-refractivity contribution is 0.0734. The molecule has 0 spiro atoms. The number of carbonyl (C=O) groups is 1. The van der Waals surface area contributed by atoms with Crippen LogP contribution in [0, 0.1) is 5.92 Å². The van der Waals surface area contributed by atoms with E-state index in [4.69, 9.17) is 4.74 Å². The van der Waals surface area contributed by atoms with Crippen molar-refractivity contribution in [1.29, 1.82) is 0 Å². The first-order valence-electron chi connectivity index (χ1n) is 9.51. The Labute approximate surface area is 165 Å². The topological polar surface area (TPSA) is 75.7 Å². The molecule has 1 saturated carbocycles. The smallest absolute Gasteiger partial charge is 0.254 e. The van der Waals surface area contributed by atoms with Crippen LogP contribution in [0.5, 0.6) is 5.75 Å². The van der Waals surface area contributed by atoms with Crippen molar-refractivity contribution in [1.82, 2.24) is 9.62 Å². The highest BCUT2D eigenvalue weighted by Gasteiger charge is 2.26. The largest absolute Gasteiger partial charge is 0.497 e. The number of sulfonamides is 1. The molecule has 1 N–H and O–H groups in total. The third-order valence-electron chi connectivity index (χ3n) is 5.36. The van der Waals surface area contributed by atoms with Crippen molar-refractivity contribution in [3.8, 4) is 5.75 Å². The zero-order valence-electron chi connectivity index (χ0n) is 15.8. The Bertz CT molecular complexity index is 999. The summed E-state index contributed by atoms with van der Waals surface area (Å²) in [6.45, 7) is 1.56. The molecule has 1 heterocycles. The van der Waals surface area contributed by atoms with Gasteiger partial charge in [0.05, 0.1) is 12.0 Å². The summed E-state index contributed by atoms with van der Waals surface area (Å²) < 4.78 is 32.9. The van der Waals surface area contributed by atoms with Gasteiger partial charge in [-0.1, -0.05) is 12.1 Å². The molecular weight excluding hydrogens is 376 g/mol. The fraction of sp³-hybridized carbons (Fsp3) is 0.381. The number of amides is 1. The minimum absolute atomic E-state index is 0.137. The van der Waals surface area contributed by atoms with Gasteiger partial charge in [-0.05, 0) is 66.6 Å². The van der Waals surface area contributed by atoms with E-state index >= 15 is 0 Å². The molecule has 2 aliphatic rings. The molecule has 7 heteroatoms. The number of methoxy groups -OCH3 is 1. The first kappa shape index (κ1) is 19.0. The van der Waals surface area contributed by atoms with Crippen LogP contribution in [-0.4, -0.2) is 39.4 Å². The molecule has 1 fully saturated rings. The summed E-state index contributed by atoms with van der Waals surface area (Å²) in [5.41, 5.74) is 2.67. The molecule has 0 unspecified atom stereocenters. The van der Waals surface area contributed by atoms with E-state index in [9.17, 15) is 13.2 Å². The zero-order valence-corrected chi connectivity index (χ0v) is 16.7. The summed E-state index contributed by atoms with van der Waals surface area (Å²) in [7, 11) is -1.98. The van der Waals surface area contributed by atoms with Gasteiger partial charge in [0, 0.05) is 25.2 Å². The second kappa shape index (κ2) is 7.56. The van der Waals surface area contributed by atoms with Crippen LogP contribution in [0.3, 0.4) is 0 Å². The summed E-state index contributed by atoms with van der Waals surface area (Å²) in [5, 5.41) is 0. The highest BCUT2D eigenvalue weighted by atomic mass is 32.2. The van der Waals surface area contributed by atoms with Crippen LogP contribution in [0.25, 0.3) is 0 Å². The van der Waals surface area contributed by atoms with Gasteiger partial charge in [0.1, 0.15) is 5.75 Å². The highest BCUT2D eigenvalue weighted by Crippen LogP contribution is 2.28. The lowest BCUT2D eigenvalue weighted by atomic mass is 9.99.